The Hall–Kier alpha value is -0.780. The van der Waals surface area contributed by atoms with Gasteiger partial charge in [0.25, 0.3) is 0 Å². The van der Waals surface area contributed by atoms with Gasteiger partial charge in [0.2, 0.25) is 5.91 Å². The molecule has 0 atom stereocenters. The van der Waals surface area contributed by atoms with Gasteiger partial charge >= 0.3 is 0 Å². The third kappa shape index (κ3) is 5.16. The van der Waals surface area contributed by atoms with Crippen molar-refractivity contribution in [2.24, 2.45) is 12.8 Å². The summed E-state index contributed by atoms with van der Waals surface area (Å²) in [5.41, 5.74) is 8.50. The molecule has 0 saturated heterocycles. The summed E-state index contributed by atoms with van der Waals surface area (Å²) in [4.78, 5) is 12.2. The minimum absolute atomic E-state index is 0. The average Bonchev–Trinajstić information content (AvgIpc) is 2.63. The minimum atomic E-state index is -0.277. The molecular weight excluding hydrogens is 311 g/mol. The van der Waals surface area contributed by atoms with Crippen LogP contribution in [0.1, 0.15) is 43.6 Å². The Balaban J connectivity index is 0. The molecule has 0 fully saturated rings. The quantitative estimate of drug-likeness (QED) is 0.833. The monoisotopic (exact) mass is 338 g/mol. The minimum Gasteiger partial charge on any atom is -0.349 e. The Morgan fingerprint density at radius 3 is 2.14 bits per heavy atom. The van der Waals surface area contributed by atoms with Crippen LogP contribution >= 0.6 is 24.8 Å². The summed E-state index contributed by atoms with van der Waals surface area (Å²) in [6.45, 7) is 8.50. The fourth-order valence-electron chi connectivity index (χ4n) is 2.34. The summed E-state index contributed by atoms with van der Waals surface area (Å²) in [5, 5.41) is 7.42. The molecule has 21 heavy (non-hydrogen) atoms. The van der Waals surface area contributed by atoms with Crippen molar-refractivity contribution >= 4 is 30.7 Å². The third-order valence-electron chi connectivity index (χ3n) is 4.15. The number of amides is 1. The van der Waals surface area contributed by atoms with Crippen LogP contribution in [0.25, 0.3) is 0 Å². The molecule has 0 bridgehead atoms. The number of carbonyl (C=O) groups excluding carboxylic acids is 1. The van der Waals surface area contributed by atoms with Crippen molar-refractivity contribution in [2.45, 2.75) is 52.5 Å². The fraction of sp³-hybridized carbons (Fsp3) is 0.714. The predicted molar refractivity (Wildman–Crippen MR) is 91.4 cm³/mol. The Morgan fingerprint density at radius 2 is 1.81 bits per heavy atom. The molecule has 0 unspecified atom stereocenters. The first-order valence-electron chi connectivity index (χ1n) is 6.89. The standard InChI is InChI=1S/C14H26N4O.2ClH/c1-6-14(7-2,9-15)16-13(19)8-12-10(3)17-18(5)11(12)4;;/h6-9,15H2,1-5H3,(H,16,19);2*1H. The van der Waals surface area contributed by atoms with Gasteiger partial charge in [-0.25, -0.2) is 0 Å². The van der Waals surface area contributed by atoms with E-state index >= 15 is 0 Å². The van der Waals surface area contributed by atoms with E-state index in [-0.39, 0.29) is 36.3 Å². The van der Waals surface area contributed by atoms with Crippen LogP contribution in [0.4, 0.5) is 0 Å². The Bertz CT molecular complexity index is 448. The molecule has 124 valence electrons. The van der Waals surface area contributed by atoms with Crippen LogP contribution in [-0.2, 0) is 18.3 Å². The first-order chi connectivity index (χ1) is 8.89. The van der Waals surface area contributed by atoms with Crippen LogP contribution in [-0.4, -0.2) is 27.8 Å². The highest BCUT2D eigenvalue weighted by molar-refractivity contribution is 5.85. The van der Waals surface area contributed by atoms with Gasteiger partial charge < -0.3 is 11.1 Å². The van der Waals surface area contributed by atoms with Crippen molar-refractivity contribution in [3.8, 4) is 0 Å². The number of hydrogen-bond donors (Lipinski definition) is 2. The smallest absolute Gasteiger partial charge is 0.225 e. The molecule has 1 aromatic rings. The van der Waals surface area contributed by atoms with E-state index in [2.05, 4.69) is 24.3 Å². The lowest BCUT2D eigenvalue weighted by Crippen LogP contribution is -2.53. The Labute approximate surface area is 139 Å². The molecule has 1 heterocycles. The number of carbonyl (C=O) groups is 1. The lowest BCUT2D eigenvalue weighted by molar-refractivity contribution is -0.122. The molecule has 0 aliphatic carbocycles. The van der Waals surface area contributed by atoms with Gasteiger partial charge in [-0.3, -0.25) is 9.48 Å². The van der Waals surface area contributed by atoms with E-state index in [4.69, 9.17) is 5.73 Å². The summed E-state index contributed by atoms with van der Waals surface area (Å²) in [7, 11) is 1.89. The van der Waals surface area contributed by atoms with Crippen LogP contribution in [0.15, 0.2) is 0 Å². The van der Waals surface area contributed by atoms with E-state index in [0.717, 1.165) is 29.8 Å². The average molecular weight is 339 g/mol. The van der Waals surface area contributed by atoms with E-state index in [1.807, 2.05) is 25.6 Å². The largest absolute Gasteiger partial charge is 0.349 e. The van der Waals surface area contributed by atoms with Gasteiger partial charge in [-0.1, -0.05) is 13.8 Å². The molecule has 5 nitrogen and oxygen atoms in total. The van der Waals surface area contributed by atoms with E-state index in [9.17, 15) is 4.79 Å². The number of halogens is 2. The molecule has 7 heteroatoms. The SMILES string of the molecule is CCC(CC)(CN)NC(=O)Cc1c(C)nn(C)c1C.Cl.Cl. The number of hydrogen-bond acceptors (Lipinski definition) is 3. The van der Waals surface area contributed by atoms with Crippen LogP contribution in [0, 0.1) is 13.8 Å². The summed E-state index contributed by atoms with van der Waals surface area (Å²) in [5.74, 6) is 0.0216. The maximum atomic E-state index is 12.2. The molecule has 1 amide bonds. The zero-order chi connectivity index (χ0) is 14.6. The fourth-order valence-corrected chi connectivity index (χ4v) is 2.34. The molecule has 1 aromatic heterocycles. The summed E-state index contributed by atoms with van der Waals surface area (Å²) in [6, 6.07) is 0. The van der Waals surface area contributed by atoms with E-state index in [1.165, 1.54) is 0 Å². The zero-order valence-electron chi connectivity index (χ0n) is 13.5. The van der Waals surface area contributed by atoms with Gasteiger partial charge in [0, 0.05) is 24.8 Å². The van der Waals surface area contributed by atoms with Crippen LogP contribution in [0.3, 0.4) is 0 Å². The summed E-state index contributed by atoms with van der Waals surface area (Å²) >= 11 is 0. The highest BCUT2D eigenvalue weighted by Gasteiger charge is 2.26. The number of nitrogens with one attached hydrogen (secondary N) is 1. The van der Waals surface area contributed by atoms with Crippen LogP contribution in [0.2, 0.25) is 0 Å². The molecule has 1 rings (SSSR count). The maximum absolute atomic E-state index is 12.2. The van der Waals surface area contributed by atoms with Crippen molar-refractivity contribution in [1.82, 2.24) is 15.1 Å². The van der Waals surface area contributed by atoms with Crippen molar-refractivity contribution in [3.63, 3.8) is 0 Å². The van der Waals surface area contributed by atoms with E-state index in [1.54, 1.807) is 0 Å². The second kappa shape index (κ2) is 9.28. The number of rotatable bonds is 6. The van der Waals surface area contributed by atoms with E-state index in [0.29, 0.717) is 13.0 Å². The van der Waals surface area contributed by atoms with Crippen molar-refractivity contribution in [1.29, 1.82) is 0 Å². The van der Waals surface area contributed by atoms with Crippen LogP contribution < -0.4 is 11.1 Å². The molecule has 0 aromatic carbocycles. The molecule has 0 spiro atoms. The zero-order valence-corrected chi connectivity index (χ0v) is 15.2. The third-order valence-corrected chi connectivity index (χ3v) is 4.15. The first-order valence-corrected chi connectivity index (χ1v) is 6.89. The van der Waals surface area contributed by atoms with E-state index < -0.39 is 0 Å². The normalized spacial score (nSPS) is 10.6. The second-order valence-electron chi connectivity index (χ2n) is 5.19. The van der Waals surface area contributed by atoms with Crippen molar-refractivity contribution < 1.29 is 4.79 Å². The van der Waals surface area contributed by atoms with Crippen molar-refractivity contribution in [2.75, 3.05) is 6.54 Å². The van der Waals surface area contributed by atoms with Crippen molar-refractivity contribution in [3.05, 3.63) is 17.0 Å². The van der Waals surface area contributed by atoms with Gasteiger partial charge in [0.05, 0.1) is 17.7 Å². The molecule has 0 aliphatic heterocycles. The van der Waals surface area contributed by atoms with Gasteiger partial charge in [-0.15, -0.1) is 24.8 Å². The molecule has 3 N–H and O–H groups in total. The van der Waals surface area contributed by atoms with Gasteiger partial charge in [0.1, 0.15) is 0 Å². The molecular formula is C14H28Cl2N4O. The predicted octanol–water partition coefficient (Wildman–Crippen LogP) is 2.06. The number of aromatic nitrogens is 2. The number of nitrogens with zero attached hydrogens (tertiary/aromatic N) is 2. The number of nitrogens with two attached hydrogens (primary N) is 1. The lowest BCUT2D eigenvalue weighted by Gasteiger charge is -2.31. The topological polar surface area (TPSA) is 72.9 Å². The van der Waals surface area contributed by atoms with Gasteiger partial charge in [0.15, 0.2) is 0 Å². The molecule has 0 radical (unpaired) electrons. The Kier molecular flexibility index (Phi) is 9.94. The summed E-state index contributed by atoms with van der Waals surface area (Å²) in [6.07, 6.45) is 2.06. The Morgan fingerprint density at radius 1 is 1.29 bits per heavy atom. The highest BCUT2D eigenvalue weighted by Crippen LogP contribution is 2.16. The molecule has 0 saturated carbocycles. The van der Waals surface area contributed by atoms with Gasteiger partial charge in [-0.2, -0.15) is 5.10 Å². The second-order valence-corrected chi connectivity index (χ2v) is 5.19. The highest BCUT2D eigenvalue weighted by atomic mass is 35.5. The molecule has 0 aliphatic rings. The lowest BCUT2D eigenvalue weighted by atomic mass is 9.92. The van der Waals surface area contributed by atoms with Crippen LogP contribution in [0.5, 0.6) is 0 Å². The number of aryl methyl sites for hydroxylation is 2. The first kappa shape index (κ1) is 22.5. The summed E-state index contributed by atoms with van der Waals surface area (Å²) < 4.78 is 1.81. The maximum Gasteiger partial charge on any atom is 0.225 e. The van der Waals surface area contributed by atoms with Gasteiger partial charge in [-0.05, 0) is 26.7 Å².